The Labute approximate surface area is 231 Å². The molecule has 0 aliphatic rings. The highest BCUT2D eigenvalue weighted by atomic mass is 16.5. The van der Waals surface area contributed by atoms with E-state index >= 15 is 0 Å². The first-order valence-corrected chi connectivity index (χ1v) is 11.8. The summed E-state index contributed by atoms with van der Waals surface area (Å²) in [6.07, 6.45) is 2.03. The number of hydrogen-bond donors (Lipinski definition) is 0. The topological polar surface area (TPSA) is 105 Å². The molecule has 0 amide bonds. The van der Waals surface area contributed by atoms with Crippen LogP contribution in [0.4, 0.5) is 0 Å². The third-order valence-corrected chi connectivity index (χ3v) is 5.28. The van der Waals surface area contributed by atoms with Crippen LogP contribution in [0.25, 0.3) is 22.3 Å². The fourth-order valence-corrected chi connectivity index (χ4v) is 3.27. The monoisotopic (exact) mass is 538 g/mol. The lowest BCUT2D eigenvalue weighted by atomic mass is 9.97. The number of benzene rings is 3. The summed E-state index contributed by atoms with van der Waals surface area (Å²) in [5.74, 6) is -1.72. The Hall–Kier alpha value is -5.50. The van der Waals surface area contributed by atoms with E-state index in [1.165, 1.54) is 26.0 Å². The van der Waals surface area contributed by atoms with Gasteiger partial charge in [-0.2, -0.15) is 0 Å². The molecule has 0 fully saturated rings. The molecule has 0 radical (unpaired) electrons. The lowest BCUT2D eigenvalue weighted by Crippen LogP contribution is -2.09. The molecule has 8 nitrogen and oxygen atoms in total. The van der Waals surface area contributed by atoms with Crippen molar-refractivity contribution in [2.45, 2.75) is 13.8 Å². The normalized spacial score (nSPS) is 10.1. The van der Waals surface area contributed by atoms with E-state index in [2.05, 4.69) is 26.3 Å². The fraction of sp³-hybridized carbons (Fsp3) is 0.0625. The maximum atomic E-state index is 12.2. The number of carbonyl (C=O) groups excluding carboxylic acids is 4. The van der Waals surface area contributed by atoms with E-state index in [4.69, 9.17) is 18.9 Å². The zero-order chi connectivity index (χ0) is 29.4. The summed E-state index contributed by atoms with van der Waals surface area (Å²) in [6.45, 7) is 17.1. The van der Waals surface area contributed by atoms with Crippen LogP contribution in [-0.4, -0.2) is 23.9 Å². The molecule has 3 rings (SSSR count). The van der Waals surface area contributed by atoms with Gasteiger partial charge in [0.15, 0.2) is 0 Å². The molecular formula is C32H26O8. The molecule has 40 heavy (non-hydrogen) atoms. The quantitative estimate of drug-likeness (QED) is 0.172. The number of esters is 4. The zero-order valence-corrected chi connectivity index (χ0v) is 22.0. The maximum Gasteiger partial charge on any atom is 0.338 e. The summed E-state index contributed by atoms with van der Waals surface area (Å²) < 4.78 is 21.5. The first kappa shape index (κ1) is 29.1. The van der Waals surface area contributed by atoms with Gasteiger partial charge in [0, 0.05) is 34.4 Å². The molecule has 0 aromatic heterocycles. The van der Waals surface area contributed by atoms with Gasteiger partial charge in [-0.05, 0) is 61.4 Å². The van der Waals surface area contributed by atoms with E-state index < -0.39 is 23.9 Å². The molecule has 3 aromatic carbocycles. The van der Waals surface area contributed by atoms with Gasteiger partial charge in [0.1, 0.15) is 23.0 Å². The average Bonchev–Trinajstić information content (AvgIpc) is 2.94. The number of hydrogen-bond acceptors (Lipinski definition) is 8. The summed E-state index contributed by atoms with van der Waals surface area (Å²) in [7, 11) is 0. The van der Waals surface area contributed by atoms with E-state index in [0.29, 0.717) is 22.3 Å². The van der Waals surface area contributed by atoms with Crippen LogP contribution < -0.4 is 18.9 Å². The third kappa shape index (κ3) is 7.29. The lowest BCUT2D eigenvalue weighted by Gasteiger charge is -2.16. The summed E-state index contributed by atoms with van der Waals surface area (Å²) in [5, 5.41) is 0. The highest BCUT2D eigenvalue weighted by Crippen LogP contribution is 2.42. The lowest BCUT2D eigenvalue weighted by molar-refractivity contribution is -0.130. The number of ether oxygens (including phenoxy) is 4. The van der Waals surface area contributed by atoms with E-state index in [1.54, 1.807) is 48.5 Å². The van der Waals surface area contributed by atoms with Crippen molar-refractivity contribution in [2.24, 2.45) is 0 Å². The average molecular weight is 539 g/mol. The molecule has 0 saturated carbocycles. The van der Waals surface area contributed by atoms with Gasteiger partial charge < -0.3 is 18.9 Å². The molecule has 0 N–H and O–H groups in total. The first-order valence-electron chi connectivity index (χ1n) is 11.8. The summed E-state index contributed by atoms with van der Waals surface area (Å²) >= 11 is 0. The molecule has 0 bridgehead atoms. The van der Waals surface area contributed by atoms with Crippen molar-refractivity contribution in [2.75, 3.05) is 0 Å². The second-order valence-corrected chi connectivity index (χ2v) is 8.48. The summed E-state index contributed by atoms with van der Waals surface area (Å²) in [6, 6.07) is 15.9. The Morgan fingerprint density at radius 2 is 0.900 bits per heavy atom. The van der Waals surface area contributed by atoms with Gasteiger partial charge >= 0.3 is 23.9 Å². The van der Waals surface area contributed by atoms with Crippen molar-refractivity contribution in [3.63, 3.8) is 0 Å². The minimum Gasteiger partial charge on any atom is -0.423 e. The van der Waals surface area contributed by atoms with E-state index in [9.17, 15) is 19.2 Å². The van der Waals surface area contributed by atoms with Gasteiger partial charge in [0.25, 0.3) is 0 Å². The Morgan fingerprint density at radius 3 is 1.18 bits per heavy atom. The predicted octanol–water partition coefficient (Wildman–Crippen LogP) is 6.17. The molecule has 0 heterocycles. The van der Waals surface area contributed by atoms with E-state index in [-0.39, 0.29) is 34.1 Å². The SMILES string of the molecule is C=CC(=O)Oc1cc(-c2ccc(OC(=O)C(=C)C)cc2)c(OC(=O)C=C)cc1-c1ccc(OC(=O)C(=C)C)cc1. The van der Waals surface area contributed by atoms with Crippen molar-refractivity contribution < 1.29 is 38.1 Å². The second kappa shape index (κ2) is 12.8. The van der Waals surface area contributed by atoms with Gasteiger partial charge in [-0.1, -0.05) is 50.6 Å². The Morgan fingerprint density at radius 1 is 0.575 bits per heavy atom. The molecule has 8 heteroatoms. The minimum atomic E-state index is -0.711. The minimum absolute atomic E-state index is 0.141. The highest BCUT2D eigenvalue weighted by molar-refractivity contribution is 5.92. The van der Waals surface area contributed by atoms with Crippen LogP contribution in [0, 0.1) is 0 Å². The molecule has 0 spiro atoms. The van der Waals surface area contributed by atoms with Crippen molar-refractivity contribution in [1.29, 1.82) is 0 Å². The molecule has 0 atom stereocenters. The number of rotatable bonds is 10. The van der Waals surface area contributed by atoms with Crippen molar-refractivity contribution in [3.05, 3.63) is 110 Å². The first-order chi connectivity index (χ1) is 19.0. The maximum absolute atomic E-state index is 12.2. The van der Waals surface area contributed by atoms with Gasteiger partial charge in [0.2, 0.25) is 0 Å². The Balaban J connectivity index is 2.12. The van der Waals surface area contributed by atoms with Crippen LogP contribution in [0.15, 0.2) is 110 Å². The third-order valence-electron chi connectivity index (χ3n) is 5.28. The molecule has 0 unspecified atom stereocenters. The van der Waals surface area contributed by atoms with Crippen LogP contribution in [0.1, 0.15) is 13.8 Å². The van der Waals surface area contributed by atoms with E-state index in [0.717, 1.165) is 12.2 Å². The predicted molar refractivity (Wildman–Crippen MR) is 150 cm³/mol. The fourth-order valence-electron chi connectivity index (χ4n) is 3.27. The largest absolute Gasteiger partial charge is 0.423 e. The van der Waals surface area contributed by atoms with Crippen LogP contribution in [0.5, 0.6) is 23.0 Å². The van der Waals surface area contributed by atoms with Gasteiger partial charge in [-0.3, -0.25) is 0 Å². The highest BCUT2D eigenvalue weighted by Gasteiger charge is 2.19. The molecule has 0 saturated heterocycles. The van der Waals surface area contributed by atoms with E-state index in [1.807, 2.05) is 0 Å². The summed E-state index contributed by atoms with van der Waals surface area (Å²) in [5.41, 5.74) is 2.41. The van der Waals surface area contributed by atoms with Gasteiger partial charge in [0.05, 0.1) is 0 Å². The van der Waals surface area contributed by atoms with Gasteiger partial charge in [-0.15, -0.1) is 0 Å². The molecule has 202 valence electrons. The van der Waals surface area contributed by atoms with Crippen LogP contribution in [0.3, 0.4) is 0 Å². The Kier molecular flexibility index (Phi) is 9.33. The standard InChI is InChI=1S/C32H26O8/c1-7-29(33)39-27-17-26(22-11-15-24(16-12-22)38-32(36)20(5)6)28(40-30(34)8-2)18-25(27)21-9-13-23(14-10-21)37-31(35)19(3)4/h7-18H,1-3,5H2,4,6H3. The Bertz CT molecular complexity index is 1410. The molecule has 0 aliphatic heterocycles. The molecule has 0 aliphatic carbocycles. The smallest absolute Gasteiger partial charge is 0.338 e. The second-order valence-electron chi connectivity index (χ2n) is 8.48. The van der Waals surface area contributed by atoms with Crippen LogP contribution in [0.2, 0.25) is 0 Å². The van der Waals surface area contributed by atoms with Crippen molar-refractivity contribution in [1.82, 2.24) is 0 Å². The van der Waals surface area contributed by atoms with Crippen LogP contribution >= 0.6 is 0 Å². The number of carbonyl (C=O) groups is 4. The summed E-state index contributed by atoms with van der Waals surface area (Å²) in [4.78, 5) is 48.1. The van der Waals surface area contributed by atoms with Crippen LogP contribution in [-0.2, 0) is 19.2 Å². The molecule has 3 aromatic rings. The van der Waals surface area contributed by atoms with Gasteiger partial charge in [-0.25, -0.2) is 19.2 Å². The zero-order valence-electron chi connectivity index (χ0n) is 22.0. The van der Waals surface area contributed by atoms with Crippen molar-refractivity contribution in [3.8, 4) is 45.3 Å². The molecular weight excluding hydrogens is 512 g/mol. The van der Waals surface area contributed by atoms with Crippen molar-refractivity contribution >= 4 is 23.9 Å².